The molecule has 2 aromatic rings. The van der Waals surface area contributed by atoms with Gasteiger partial charge in [0.1, 0.15) is 0 Å². The van der Waals surface area contributed by atoms with Crippen molar-refractivity contribution in [3.05, 3.63) is 60.7 Å². The van der Waals surface area contributed by atoms with Crippen LogP contribution in [0.5, 0.6) is 0 Å². The first-order chi connectivity index (χ1) is 15.1. The lowest BCUT2D eigenvalue weighted by Gasteiger charge is -2.37. The number of thiocarbonyl (C=S) groups is 1. The largest absolute Gasteiger partial charge is 0.358 e. The Labute approximate surface area is 187 Å². The van der Waals surface area contributed by atoms with Crippen LogP contribution in [0.4, 0.5) is 11.4 Å². The molecule has 0 bridgehead atoms. The number of benzene rings is 2. The third-order valence-corrected chi connectivity index (χ3v) is 5.97. The van der Waals surface area contributed by atoms with Gasteiger partial charge in [-0.3, -0.25) is 14.5 Å². The summed E-state index contributed by atoms with van der Waals surface area (Å²) in [6.07, 6.45) is 1.79. The van der Waals surface area contributed by atoms with Crippen LogP contribution in [0, 0.1) is 0 Å². The lowest BCUT2D eigenvalue weighted by molar-refractivity contribution is -0.129. The highest BCUT2D eigenvalue weighted by Gasteiger charge is 2.43. The molecule has 2 fully saturated rings. The van der Waals surface area contributed by atoms with E-state index >= 15 is 0 Å². The topological polar surface area (TPSA) is 85.5 Å². The smallest absolute Gasteiger partial charge is 0.237 e. The molecule has 4 rings (SSSR count). The molecule has 2 aliphatic rings. The number of hydrogen-bond acceptors (Lipinski definition) is 4. The molecule has 3 atom stereocenters. The van der Waals surface area contributed by atoms with Crippen molar-refractivity contribution in [1.82, 2.24) is 15.5 Å². The van der Waals surface area contributed by atoms with Crippen LogP contribution in [0.2, 0.25) is 0 Å². The summed E-state index contributed by atoms with van der Waals surface area (Å²) in [4.78, 5) is 27.0. The third-order valence-electron chi connectivity index (χ3n) is 5.75. The fourth-order valence-corrected chi connectivity index (χ4v) is 4.55. The monoisotopic (exact) mass is 437 g/mol. The van der Waals surface area contributed by atoms with Crippen molar-refractivity contribution in [2.75, 3.05) is 23.7 Å². The third kappa shape index (κ3) is 5.59. The highest BCUT2D eigenvalue weighted by atomic mass is 32.1. The zero-order valence-corrected chi connectivity index (χ0v) is 18.0. The number of nitrogens with zero attached hydrogens (tertiary/aromatic N) is 1. The molecule has 3 unspecified atom stereocenters. The van der Waals surface area contributed by atoms with Gasteiger partial charge in [-0.1, -0.05) is 36.4 Å². The number of rotatable bonds is 6. The number of hydrogen-bond donors (Lipinski definition) is 4. The van der Waals surface area contributed by atoms with Crippen LogP contribution in [-0.4, -0.2) is 53.0 Å². The molecular weight excluding hydrogens is 410 g/mol. The van der Waals surface area contributed by atoms with Gasteiger partial charge in [-0.15, -0.1) is 0 Å². The van der Waals surface area contributed by atoms with Crippen molar-refractivity contribution in [3.8, 4) is 0 Å². The van der Waals surface area contributed by atoms with Crippen LogP contribution in [0.1, 0.15) is 19.3 Å². The Morgan fingerprint density at radius 2 is 1.68 bits per heavy atom. The fraction of sp³-hybridized carbons (Fsp3) is 0.348. The van der Waals surface area contributed by atoms with E-state index < -0.39 is 0 Å². The van der Waals surface area contributed by atoms with Crippen molar-refractivity contribution in [2.24, 2.45) is 0 Å². The second kappa shape index (κ2) is 9.89. The van der Waals surface area contributed by atoms with Gasteiger partial charge in [0, 0.05) is 43.0 Å². The van der Waals surface area contributed by atoms with Gasteiger partial charge < -0.3 is 21.3 Å². The number of amides is 2. The molecule has 31 heavy (non-hydrogen) atoms. The molecule has 0 aromatic heterocycles. The molecule has 2 saturated heterocycles. The highest BCUT2D eigenvalue weighted by molar-refractivity contribution is 7.80. The van der Waals surface area contributed by atoms with E-state index in [1.807, 2.05) is 60.7 Å². The van der Waals surface area contributed by atoms with Gasteiger partial charge in [0.15, 0.2) is 5.11 Å². The average Bonchev–Trinajstić information content (AvgIpc) is 3.19. The summed E-state index contributed by atoms with van der Waals surface area (Å²) >= 11 is 5.45. The van der Waals surface area contributed by atoms with Crippen LogP contribution in [-0.2, 0) is 9.59 Å². The molecule has 0 spiro atoms. The second-order valence-corrected chi connectivity index (χ2v) is 8.37. The number of piperazine rings is 1. The zero-order chi connectivity index (χ0) is 21.6. The number of para-hydroxylation sites is 2. The molecule has 162 valence electrons. The average molecular weight is 438 g/mol. The Morgan fingerprint density at radius 1 is 1.03 bits per heavy atom. The maximum absolute atomic E-state index is 12.4. The molecule has 0 aliphatic carbocycles. The van der Waals surface area contributed by atoms with E-state index in [1.54, 1.807) is 0 Å². The second-order valence-electron chi connectivity index (χ2n) is 7.96. The molecule has 4 N–H and O–H groups in total. The first-order valence-corrected chi connectivity index (χ1v) is 11.0. The van der Waals surface area contributed by atoms with E-state index in [-0.39, 0.29) is 29.9 Å². The number of fused-ring (bicyclic) bond motifs is 1. The lowest BCUT2D eigenvalue weighted by atomic mass is 10.0. The molecule has 2 aliphatic heterocycles. The molecule has 2 aromatic carbocycles. The number of anilines is 2. The number of carbonyl (C=O) groups is 2. The fourth-order valence-electron chi connectivity index (χ4n) is 4.27. The minimum absolute atomic E-state index is 0.0123. The predicted octanol–water partition coefficient (Wildman–Crippen LogP) is 2.33. The van der Waals surface area contributed by atoms with Gasteiger partial charge in [-0.2, -0.15) is 0 Å². The molecule has 8 heteroatoms. The minimum Gasteiger partial charge on any atom is -0.358 e. The van der Waals surface area contributed by atoms with Crippen LogP contribution in [0.3, 0.4) is 0 Å². The standard InChI is InChI=1S/C23H27N5O2S/c29-21(25-16-7-3-1-4-8-16)12-11-19-14-24-22(30)20-13-18(15-28(19)20)27-23(31)26-17-9-5-2-6-10-17/h1-10,18-20H,11-15H2,(H,24,30)(H,25,29)(H2,26,27,31). The first kappa shape index (κ1) is 21.3. The van der Waals surface area contributed by atoms with Crippen molar-refractivity contribution >= 4 is 40.5 Å². The van der Waals surface area contributed by atoms with E-state index in [9.17, 15) is 9.59 Å². The zero-order valence-electron chi connectivity index (χ0n) is 17.2. The van der Waals surface area contributed by atoms with Crippen LogP contribution in [0.25, 0.3) is 0 Å². The quantitative estimate of drug-likeness (QED) is 0.519. The van der Waals surface area contributed by atoms with Gasteiger partial charge >= 0.3 is 0 Å². The van der Waals surface area contributed by atoms with E-state index in [0.29, 0.717) is 30.9 Å². The van der Waals surface area contributed by atoms with Crippen LogP contribution < -0.4 is 21.3 Å². The number of nitrogens with one attached hydrogen (secondary N) is 4. The summed E-state index contributed by atoms with van der Waals surface area (Å²) in [6, 6.07) is 19.2. The normalized spacial score (nSPS) is 22.8. The van der Waals surface area contributed by atoms with E-state index in [4.69, 9.17) is 12.2 Å². The SMILES string of the molecule is O=C(CCC1CNC(=O)C2CC(NC(=S)Nc3ccccc3)CN12)Nc1ccccc1. The van der Waals surface area contributed by atoms with Crippen molar-refractivity contribution < 1.29 is 9.59 Å². The van der Waals surface area contributed by atoms with Crippen LogP contribution >= 0.6 is 12.2 Å². The maximum Gasteiger partial charge on any atom is 0.237 e. The Morgan fingerprint density at radius 3 is 2.35 bits per heavy atom. The van der Waals surface area contributed by atoms with Crippen LogP contribution in [0.15, 0.2) is 60.7 Å². The molecule has 0 radical (unpaired) electrons. The van der Waals surface area contributed by atoms with Gasteiger partial charge in [-0.25, -0.2) is 0 Å². The summed E-state index contributed by atoms with van der Waals surface area (Å²) in [6.45, 7) is 1.28. The summed E-state index contributed by atoms with van der Waals surface area (Å²) < 4.78 is 0. The van der Waals surface area contributed by atoms with E-state index in [1.165, 1.54) is 0 Å². The Hall–Kier alpha value is -2.97. The van der Waals surface area contributed by atoms with Crippen molar-refractivity contribution in [3.63, 3.8) is 0 Å². The molecule has 2 heterocycles. The van der Waals surface area contributed by atoms with Gasteiger partial charge in [0.05, 0.1) is 6.04 Å². The van der Waals surface area contributed by atoms with Gasteiger partial charge in [0.2, 0.25) is 11.8 Å². The molecular formula is C23H27N5O2S. The Balaban J connectivity index is 1.29. The molecule has 7 nitrogen and oxygen atoms in total. The molecule has 0 saturated carbocycles. The van der Waals surface area contributed by atoms with E-state index in [2.05, 4.69) is 26.2 Å². The maximum atomic E-state index is 12.4. The van der Waals surface area contributed by atoms with Gasteiger partial charge in [-0.05, 0) is 49.3 Å². The highest BCUT2D eigenvalue weighted by Crippen LogP contribution is 2.26. The summed E-state index contributed by atoms with van der Waals surface area (Å²) in [5.41, 5.74) is 1.72. The van der Waals surface area contributed by atoms with E-state index in [0.717, 1.165) is 17.9 Å². The van der Waals surface area contributed by atoms with Crippen molar-refractivity contribution in [1.29, 1.82) is 0 Å². The first-order valence-electron chi connectivity index (χ1n) is 10.6. The summed E-state index contributed by atoms with van der Waals surface area (Å²) in [5, 5.41) is 13.0. The Bertz CT molecular complexity index is 924. The lowest BCUT2D eigenvalue weighted by Crippen LogP contribution is -2.58. The number of carbonyl (C=O) groups excluding carboxylic acids is 2. The van der Waals surface area contributed by atoms with Gasteiger partial charge in [0.25, 0.3) is 0 Å². The van der Waals surface area contributed by atoms with Crippen molar-refractivity contribution in [2.45, 2.75) is 37.4 Å². The Kier molecular flexibility index (Phi) is 6.79. The summed E-state index contributed by atoms with van der Waals surface area (Å²) in [7, 11) is 0. The molecule has 2 amide bonds. The summed E-state index contributed by atoms with van der Waals surface area (Å²) in [5.74, 6) is 0.0398. The minimum atomic E-state index is -0.187. The predicted molar refractivity (Wildman–Crippen MR) is 126 cm³/mol.